The summed E-state index contributed by atoms with van der Waals surface area (Å²) in [6.45, 7) is 0.538. The molecule has 0 spiro atoms. The van der Waals surface area contributed by atoms with Crippen LogP contribution in [0.3, 0.4) is 0 Å². The van der Waals surface area contributed by atoms with E-state index in [2.05, 4.69) is 0 Å². The van der Waals surface area contributed by atoms with Crippen LogP contribution >= 0.6 is 7.72 Å². The molecule has 3 nitrogen and oxygen atoms in total. The third kappa shape index (κ3) is 3.35. The molecule has 1 aliphatic carbocycles. The topological polar surface area (TPSA) is 66.5 Å². The van der Waals surface area contributed by atoms with Gasteiger partial charge in [-0.1, -0.05) is 0 Å². The van der Waals surface area contributed by atoms with Gasteiger partial charge in [0.2, 0.25) is 0 Å². The van der Waals surface area contributed by atoms with Crippen LogP contribution in [0.15, 0.2) is 11.4 Å². The van der Waals surface area contributed by atoms with E-state index in [1.807, 2.05) is 6.08 Å². The SMILES string of the molecule is NCCC[P+](O)(O)C1=CCCCC1. The Bertz CT molecular complexity index is 192. The van der Waals surface area contributed by atoms with Crippen molar-refractivity contribution in [2.24, 2.45) is 5.73 Å². The normalized spacial score (nSPS) is 18.5. The molecule has 76 valence electrons. The molecule has 0 aromatic heterocycles. The van der Waals surface area contributed by atoms with E-state index in [-0.39, 0.29) is 0 Å². The summed E-state index contributed by atoms with van der Waals surface area (Å²) in [5.74, 6) is 0. The zero-order valence-corrected chi connectivity index (χ0v) is 8.84. The van der Waals surface area contributed by atoms with Crippen molar-refractivity contribution in [3.05, 3.63) is 11.4 Å². The van der Waals surface area contributed by atoms with E-state index in [0.717, 1.165) is 24.6 Å². The molecule has 0 aromatic rings. The number of allylic oxidation sites excluding steroid dienone is 2. The molecule has 1 aliphatic rings. The predicted molar refractivity (Wildman–Crippen MR) is 56.4 cm³/mol. The van der Waals surface area contributed by atoms with Crippen molar-refractivity contribution in [2.45, 2.75) is 32.1 Å². The van der Waals surface area contributed by atoms with Crippen LogP contribution in [0.25, 0.3) is 0 Å². The lowest BCUT2D eigenvalue weighted by Gasteiger charge is -2.17. The number of nitrogens with two attached hydrogens (primary N) is 1. The Morgan fingerprint density at radius 3 is 2.69 bits per heavy atom. The van der Waals surface area contributed by atoms with Crippen LogP contribution in [0.5, 0.6) is 0 Å². The summed E-state index contributed by atoms with van der Waals surface area (Å²) in [6, 6.07) is 0. The molecule has 1 rings (SSSR count). The van der Waals surface area contributed by atoms with E-state index in [9.17, 15) is 9.79 Å². The minimum absolute atomic E-state index is 0.468. The smallest absolute Gasteiger partial charge is 0.295 e. The van der Waals surface area contributed by atoms with Crippen molar-refractivity contribution < 1.29 is 9.79 Å². The standard InChI is InChI=1S/C9H19NO2P/c10-7-4-8-13(11,12)9-5-2-1-3-6-9/h5,11-12H,1-4,6-8,10H2/q+1. The molecule has 0 saturated carbocycles. The van der Waals surface area contributed by atoms with Crippen molar-refractivity contribution in [1.82, 2.24) is 0 Å². The maximum absolute atomic E-state index is 9.81. The van der Waals surface area contributed by atoms with Crippen LogP contribution in [0.4, 0.5) is 0 Å². The molecule has 13 heavy (non-hydrogen) atoms. The summed E-state index contributed by atoms with van der Waals surface area (Å²) in [5, 5.41) is 0.896. The second-order valence-electron chi connectivity index (χ2n) is 3.54. The molecule has 0 bridgehead atoms. The minimum Gasteiger partial charge on any atom is -0.330 e. The van der Waals surface area contributed by atoms with Gasteiger partial charge in [-0.05, 0) is 38.3 Å². The zero-order valence-electron chi connectivity index (χ0n) is 7.95. The molecule has 0 amide bonds. The molecule has 4 heteroatoms. The first-order chi connectivity index (χ1) is 6.17. The average Bonchev–Trinajstić information content (AvgIpc) is 2.16. The van der Waals surface area contributed by atoms with Gasteiger partial charge in [-0.2, -0.15) is 0 Å². The highest BCUT2D eigenvalue weighted by atomic mass is 31.2. The van der Waals surface area contributed by atoms with E-state index in [1.165, 1.54) is 6.42 Å². The minimum atomic E-state index is -2.75. The highest BCUT2D eigenvalue weighted by Gasteiger charge is 2.38. The zero-order chi connectivity index (χ0) is 9.73. The summed E-state index contributed by atoms with van der Waals surface area (Å²) < 4.78 is 0. The van der Waals surface area contributed by atoms with Gasteiger partial charge in [0.1, 0.15) is 11.5 Å². The second kappa shape index (κ2) is 5.06. The fourth-order valence-electron chi connectivity index (χ4n) is 1.60. The van der Waals surface area contributed by atoms with Crippen molar-refractivity contribution >= 4 is 7.72 Å². The first-order valence-corrected chi connectivity index (χ1v) is 6.78. The summed E-state index contributed by atoms with van der Waals surface area (Å²) in [7, 11) is -2.75. The molecule has 0 heterocycles. The van der Waals surface area contributed by atoms with Gasteiger partial charge in [-0.3, -0.25) is 0 Å². The third-order valence-corrected chi connectivity index (χ3v) is 4.67. The molecule has 0 aliphatic heterocycles. The Labute approximate surface area is 80.1 Å². The van der Waals surface area contributed by atoms with Crippen molar-refractivity contribution in [3.8, 4) is 0 Å². The molecule has 4 N–H and O–H groups in total. The second-order valence-corrected chi connectivity index (χ2v) is 6.02. The molecule has 0 unspecified atom stereocenters. The van der Waals surface area contributed by atoms with Crippen molar-refractivity contribution in [1.29, 1.82) is 0 Å². The van der Waals surface area contributed by atoms with Gasteiger partial charge in [0, 0.05) is 6.42 Å². The van der Waals surface area contributed by atoms with E-state index in [0.29, 0.717) is 19.1 Å². The maximum Gasteiger partial charge on any atom is 0.295 e. The fraction of sp³-hybridized carbons (Fsp3) is 0.778. The monoisotopic (exact) mass is 204 g/mol. The quantitative estimate of drug-likeness (QED) is 0.610. The highest BCUT2D eigenvalue weighted by Crippen LogP contribution is 2.60. The maximum atomic E-state index is 9.81. The number of hydrogen-bond donors (Lipinski definition) is 3. The molecule has 0 aromatic carbocycles. The molecule has 0 radical (unpaired) electrons. The average molecular weight is 204 g/mol. The number of hydrogen-bond acceptors (Lipinski definition) is 3. The Balaban J connectivity index is 2.51. The van der Waals surface area contributed by atoms with E-state index in [4.69, 9.17) is 5.73 Å². The van der Waals surface area contributed by atoms with Gasteiger partial charge in [0.25, 0.3) is 7.72 Å². The van der Waals surface area contributed by atoms with Gasteiger partial charge in [0.15, 0.2) is 0 Å². The summed E-state index contributed by atoms with van der Waals surface area (Å²) >= 11 is 0. The molecule has 0 atom stereocenters. The van der Waals surface area contributed by atoms with Crippen LogP contribution in [-0.2, 0) is 0 Å². The van der Waals surface area contributed by atoms with Crippen molar-refractivity contribution in [2.75, 3.05) is 12.7 Å². The molecular weight excluding hydrogens is 185 g/mol. The van der Waals surface area contributed by atoms with E-state index < -0.39 is 7.72 Å². The largest absolute Gasteiger partial charge is 0.330 e. The Morgan fingerprint density at radius 2 is 2.15 bits per heavy atom. The lowest BCUT2D eigenvalue weighted by Crippen LogP contribution is -2.08. The van der Waals surface area contributed by atoms with Gasteiger partial charge in [0.05, 0.1) is 0 Å². The van der Waals surface area contributed by atoms with Crippen LogP contribution < -0.4 is 5.73 Å². The van der Waals surface area contributed by atoms with Gasteiger partial charge in [-0.25, -0.2) is 9.79 Å². The van der Waals surface area contributed by atoms with E-state index in [1.54, 1.807) is 0 Å². The predicted octanol–water partition coefficient (Wildman–Crippen LogP) is 1.63. The van der Waals surface area contributed by atoms with Gasteiger partial charge < -0.3 is 5.73 Å². The summed E-state index contributed by atoms with van der Waals surface area (Å²) in [6.07, 6.45) is 7.32. The van der Waals surface area contributed by atoms with Crippen LogP contribution in [0.2, 0.25) is 0 Å². The molecule has 0 fully saturated rings. The summed E-state index contributed by atoms with van der Waals surface area (Å²) in [5.41, 5.74) is 5.34. The lowest BCUT2D eigenvalue weighted by molar-refractivity contribution is 0.452. The fourth-order valence-corrected chi connectivity index (χ4v) is 3.45. The number of rotatable bonds is 4. The Hall–Kier alpha value is 0.0500. The lowest BCUT2D eigenvalue weighted by atomic mass is 10.1. The summed E-state index contributed by atoms with van der Waals surface area (Å²) in [4.78, 5) is 19.6. The van der Waals surface area contributed by atoms with Crippen molar-refractivity contribution in [3.63, 3.8) is 0 Å². The van der Waals surface area contributed by atoms with Crippen LogP contribution in [0, 0.1) is 0 Å². The van der Waals surface area contributed by atoms with Crippen LogP contribution in [0.1, 0.15) is 32.1 Å². The van der Waals surface area contributed by atoms with Crippen LogP contribution in [-0.4, -0.2) is 22.5 Å². The van der Waals surface area contributed by atoms with Gasteiger partial charge >= 0.3 is 0 Å². The van der Waals surface area contributed by atoms with Gasteiger partial charge in [-0.15, -0.1) is 0 Å². The molecule has 0 saturated heterocycles. The molecular formula is C9H19NO2P+. The highest BCUT2D eigenvalue weighted by molar-refractivity contribution is 7.68. The Morgan fingerprint density at radius 1 is 1.38 bits per heavy atom. The first-order valence-electron chi connectivity index (χ1n) is 4.90. The Kier molecular flexibility index (Phi) is 4.33. The van der Waals surface area contributed by atoms with E-state index >= 15 is 0 Å². The first kappa shape index (κ1) is 11.1. The third-order valence-electron chi connectivity index (χ3n) is 2.40.